The standard InChI is InChI=1S/C25H47N3O/c1-21(2)23-7-15-26(16-8-23)13-5-6-14-27-17-9-25(10-18-27)11-19-28(20-12-25)24(29)22(3)4/h21-23H,5-20H2,1-4H3. The Hall–Kier alpha value is -0.610. The van der Waals surface area contributed by atoms with Gasteiger partial charge in [-0.2, -0.15) is 0 Å². The molecule has 0 bridgehead atoms. The average Bonchev–Trinajstić information content (AvgIpc) is 2.73. The topological polar surface area (TPSA) is 26.8 Å². The monoisotopic (exact) mass is 405 g/mol. The van der Waals surface area contributed by atoms with Gasteiger partial charge in [-0.05, 0) is 108 Å². The number of unbranched alkanes of at least 4 members (excludes halogenated alkanes) is 1. The van der Waals surface area contributed by atoms with Crippen LogP contribution in [0.25, 0.3) is 0 Å². The Morgan fingerprint density at radius 1 is 0.793 bits per heavy atom. The number of piperidine rings is 3. The fraction of sp³-hybridized carbons (Fsp3) is 0.960. The second-order valence-electron chi connectivity index (χ2n) is 11.0. The molecule has 0 N–H and O–H groups in total. The lowest BCUT2D eigenvalue weighted by atomic mass is 9.71. The van der Waals surface area contributed by atoms with Gasteiger partial charge in [0.1, 0.15) is 0 Å². The van der Waals surface area contributed by atoms with Gasteiger partial charge in [-0.15, -0.1) is 0 Å². The summed E-state index contributed by atoms with van der Waals surface area (Å²) in [6, 6.07) is 0. The van der Waals surface area contributed by atoms with Crippen molar-refractivity contribution in [2.24, 2.45) is 23.2 Å². The number of hydrogen-bond acceptors (Lipinski definition) is 3. The average molecular weight is 406 g/mol. The third-order valence-electron chi connectivity index (χ3n) is 8.32. The van der Waals surface area contributed by atoms with Gasteiger partial charge in [-0.3, -0.25) is 4.79 Å². The van der Waals surface area contributed by atoms with E-state index in [2.05, 4.69) is 28.5 Å². The number of likely N-dealkylation sites (tertiary alicyclic amines) is 3. The molecular formula is C25H47N3O. The molecule has 0 aromatic carbocycles. The number of nitrogens with zero attached hydrogens (tertiary/aromatic N) is 3. The smallest absolute Gasteiger partial charge is 0.225 e. The third-order valence-corrected chi connectivity index (χ3v) is 8.32. The highest BCUT2D eigenvalue weighted by atomic mass is 16.2. The zero-order chi connectivity index (χ0) is 20.9. The lowest BCUT2D eigenvalue weighted by Crippen LogP contribution is -2.49. The van der Waals surface area contributed by atoms with Crippen molar-refractivity contribution in [3.8, 4) is 0 Å². The van der Waals surface area contributed by atoms with Gasteiger partial charge < -0.3 is 14.7 Å². The van der Waals surface area contributed by atoms with E-state index in [4.69, 9.17) is 0 Å². The molecule has 0 atom stereocenters. The predicted octanol–water partition coefficient (Wildman–Crippen LogP) is 4.50. The van der Waals surface area contributed by atoms with Crippen LogP contribution in [-0.4, -0.2) is 73.0 Å². The molecule has 3 rings (SSSR count). The van der Waals surface area contributed by atoms with Crippen LogP contribution in [0.4, 0.5) is 0 Å². The van der Waals surface area contributed by atoms with Crippen molar-refractivity contribution in [2.45, 2.75) is 79.1 Å². The minimum Gasteiger partial charge on any atom is -0.342 e. The Morgan fingerprint density at radius 3 is 1.76 bits per heavy atom. The van der Waals surface area contributed by atoms with Gasteiger partial charge in [-0.25, -0.2) is 0 Å². The maximum Gasteiger partial charge on any atom is 0.225 e. The molecule has 0 aromatic heterocycles. The van der Waals surface area contributed by atoms with E-state index >= 15 is 0 Å². The van der Waals surface area contributed by atoms with Gasteiger partial charge in [-0.1, -0.05) is 27.7 Å². The fourth-order valence-electron chi connectivity index (χ4n) is 5.83. The SMILES string of the molecule is CC(C)C(=O)N1CCC2(CCN(CCCCN3CCC(C(C)C)CC3)CC2)CC1. The van der Waals surface area contributed by atoms with Crippen LogP contribution in [0.1, 0.15) is 79.1 Å². The van der Waals surface area contributed by atoms with Gasteiger partial charge in [0.2, 0.25) is 5.91 Å². The Kier molecular flexibility index (Phi) is 8.44. The van der Waals surface area contributed by atoms with Crippen molar-refractivity contribution < 1.29 is 4.79 Å². The molecule has 3 aliphatic heterocycles. The number of hydrogen-bond donors (Lipinski definition) is 0. The lowest BCUT2D eigenvalue weighted by molar-refractivity contribution is -0.137. The normalized spacial score (nSPS) is 24.7. The van der Waals surface area contributed by atoms with Crippen LogP contribution in [0.2, 0.25) is 0 Å². The fourth-order valence-corrected chi connectivity index (χ4v) is 5.83. The Balaban J connectivity index is 1.27. The Bertz CT molecular complexity index is 492. The second kappa shape index (κ2) is 10.6. The van der Waals surface area contributed by atoms with Crippen molar-refractivity contribution in [1.29, 1.82) is 0 Å². The summed E-state index contributed by atoms with van der Waals surface area (Å²) in [6.45, 7) is 18.6. The van der Waals surface area contributed by atoms with Gasteiger partial charge >= 0.3 is 0 Å². The number of amides is 1. The molecule has 4 nitrogen and oxygen atoms in total. The molecule has 168 valence electrons. The second-order valence-corrected chi connectivity index (χ2v) is 11.0. The quantitative estimate of drug-likeness (QED) is 0.584. The van der Waals surface area contributed by atoms with Crippen LogP contribution in [-0.2, 0) is 4.79 Å². The molecule has 0 aliphatic carbocycles. The highest BCUT2D eigenvalue weighted by Gasteiger charge is 2.38. The largest absolute Gasteiger partial charge is 0.342 e. The first-order chi connectivity index (χ1) is 13.9. The summed E-state index contributed by atoms with van der Waals surface area (Å²) in [5, 5.41) is 0. The van der Waals surface area contributed by atoms with Crippen LogP contribution in [0.5, 0.6) is 0 Å². The van der Waals surface area contributed by atoms with E-state index in [9.17, 15) is 4.79 Å². The molecule has 4 heteroatoms. The number of carbonyl (C=O) groups excluding carboxylic acids is 1. The molecule has 3 saturated heterocycles. The Morgan fingerprint density at radius 2 is 1.28 bits per heavy atom. The van der Waals surface area contributed by atoms with Crippen molar-refractivity contribution in [3.63, 3.8) is 0 Å². The summed E-state index contributed by atoms with van der Waals surface area (Å²) >= 11 is 0. The number of rotatable bonds is 7. The van der Waals surface area contributed by atoms with Gasteiger partial charge in [0.05, 0.1) is 0 Å². The van der Waals surface area contributed by atoms with Crippen LogP contribution >= 0.6 is 0 Å². The predicted molar refractivity (Wildman–Crippen MR) is 122 cm³/mol. The van der Waals surface area contributed by atoms with Crippen molar-refractivity contribution in [2.75, 3.05) is 52.4 Å². The van der Waals surface area contributed by atoms with Crippen LogP contribution in [0, 0.1) is 23.2 Å². The Labute approximate surface area is 180 Å². The van der Waals surface area contributed by atoms with Crippen molar-refractivity contribution >= 4 is 5.91 Å². The van der Waals surface area contributed by atoms with Crippen LogP contribution in [0.3, 0.4) is 0 Å². The lowest BCUT2D eigenvalue weighted by Gasteiger charge is -2.47. The zero-order valence-electron chi connectivity index (χ0n) is 19.8. The summed E-state index contributed by atoms with van der Waals surface area (Å²) in [5.74, 6) is 2.32. The van der Waals surface area contributed by atoms with Gasteiger partial charge in [0.15, 0.2) is 0 Å². The molecule has 3 heterocycles. The highest BCUT2D eigenvalue weighted by molar-refractivity contribution is 5.78. The van der Waals surface area contributed by atoms with E-state index in [1.165, 1.54) is 90.6 Å². The first-order valence-electron chi connectivity index (χ1n) is 12.6. The first kappa shape index (κ1) is 23.1. The highest BCUT2D eigenvalue weighted by Crippen LogP contribution is 2.41. The van der Waals surface area contributed by atoms with Gasteiger partial charge in [0, 0.05) is 19.0 Å². The summed E-state index contributed by atoms with van der Waals surface area (Å²) in [7, 11) is 0. The molecule has 1 amide bonds. The van der Waals surface area contributed by atoms with E-state index in [1.54, 1.807) is 0 Å². The molecule has 1 spiro atoms. The molecule has 29 heavy (non-hydrogen) atoms. The van der Waals surface area contributed by atoms with Crippen molar-refractivity contribution in [1.82, 2.24) is 14.7 Å². The summed E-state index contributed by atoms with van der Waals surface area (Å²) in [4.78, 5) is 19.8. The van der Waals surface area contributed by atoms with E-state index in [-0.39, 0.29) is 5.92 Å². The minimum absolute atomic E-state index is 0.146. The zero-order valence-corrected chi connectivity index (χ0v) is 19.8. The van der Waals surface area contributed by atoms with E-state index in [0.29, 0.717) is 11.3 Å². The first-order valence-corrected chi connectivity index (χ1v) is 12.6. The maximum atomic E-state index is 12.2. The van der Waals surface area contributed by atoms with Gasteiger partial charge in [0.25, 0.3) is 0 Å². The molecule has 0 unspecified atom stereocenters. The van der Waals surface area contributed by atoms with Crippen molar-refractivity contribution in [3.05, 3.63) is 0 Å². The maximum absolute atomic E-state index is 12.2. The molecule has 3 aliphatic rings. The third kappa shape index (κ3) is 6.43. The van der Waals surface area contributed by atoms with Crippen LogP contribution < -0.4 is 0 Å². The summed E-state index contributed by atoms with van der Waals surface area (Å²) < 4.78 is 0. The van der Waals surface area contributed by atoms with E-state index in [1.807, 2.05) is 13.8 Å². The molecular weight excluding hydrogens is 358 g/mol. The van der Waals surface area contributed by atoms with E-state index in [0.717, 1.165) is 24.9 Å². The molecule has 3 fully saturated rings. The van der Waals surface area contributed by atoms with E-state index < -0.39 is 0 Å². The molecule has 0 saturated carbocycles. The minimum atomic E-state index is 0.146. The van der Waals surface area contributed by atoms with Crippen LogP contribution in [0.15, 0.2) is 0 Å². The number of carbonyl (C=O) groups is 1. The molecule has 0 aromatic rings. The molecule has 0 radical (unpaired) electrons. The summed E-state index contributed by atoms with van der Waals surface area (Å²) in [5.41, 5.74) is 0.533. The summed E-state index contributed by atoms with van der Waals surface area (Å²) in [6.07, 6.45) is 10.7.